The minimum Gasteiger partial charge on any atom is -0.449 e. The molecule has 1 aliphatic rings. The van der Waals surface area contributed by atoms with Gasteiger partial charge in [0.1, 0.15) is 5.75 Å². The van der Waals surface area contributed by atoms with Gasteiger partial charge >= 0.3 is 12.6 Å². The number of esters is 1. The Bertz CT molecular complexity index is 714. The number of carbonyl (C=O) groups is 2. The summed E-state index contributed by atoms with van der Waals surface area (Å²) >= 11 is 0. The van der Waals surface area contributed by atoms with Gasteiger partial charge in [0.2, 0.25) is 0 Å². The van der Waals surface area contributed by atoms with Gasteiger partial charge in [-0.25, -0.2) is 4.79 Å². The van der Waals surface area contributed by atoms with Crippen molar-refractivity contribution in [3.63, 3.8) is 0 Å². The van der Waals surface area contributed by atoms with E-state index in [1.54, 1.807) is 0 Å². The summed E-state index contributed by atoms with van der Waals surface area (Å²) in [5.74, 6) is -0.971. The molecule has 0 fully saturated rings. The number of hydrogen-bond acceptors (Lipinski definition) is 4. The van der Waals surface area contributed by atoms with Crippen LogP contribution in [0.15, 0.2) is 42.0 Å². The zero-order valence-electron chi connectivity index (χ0n) is 15.8. The number of allylic oxidation sites excluding steroid dienone is 1. The quantitative estimate of drug-likeness (QED) is 0.387. The number of alkyl halides is 2. The number of amides is 1. The molecule has 0 saturated carbocycles. The predicted octanol–water partition coefficient (Wildman–Crippen LogP) is 4.24. The Hall–Kier alpha value is -2.70. The van der Waals surface area contributed by atoms with Gasteiger partial charge in [-0.3, -0.25) is 4.79 Å². The van der Waals surface area contributed by atoms with E-state index >= 15 is 0 Å². The van der Waals surface area contributed by atoms with E-state index in [2.05, 4.69) is 16.1 Å². The molecule has 7 heteroatoms. The van der Waals surface area contributed by atoms with Crippen LogP contribution in [0.5, 0.6) is 5.75 Å². The van der Waals surface area contributed by atoms with Gasteiger partial charge in [-0.2, -0.15) is 8.78 Å². The van der Waals surface area contributed by atoms with Gasteiger partial charge in [0.05, 0.1) is 0 Å². The summed E-state index contributed by atoms with van der Waals surface area (Å²) in [7, 11) is 0. The first-order valence-electron chi connectivity index (χ1n) is 9.33. The Kier molecular flexibility index (Phi) is 8.65. The van der Waals surface area contributed by atoms with Crippen molar-refractivity contribution >= 4 is 18.0 Å². The van der Waals surface area contributed by atoms with E-state index in [1.165, 1.54) is 61.8 Å². The van der Waals surface area contributed by atoms with Crippen LogP contribution in [0.3, 0.4) is 0 Å². The standard InChI is InChI=1S/C21H25F2NO4/c1-15(20(26)24-14-13-16-5-3-2-4-6-16)27-19(25)12-9-17-7-10-18(11-8-17)28-21(22)23/h5,7-12,15,21H,2-4,6,13-14H2,1H3,(H,24,26). The molecule has 1 aliphatic carbocycles. The Morgan fingerprint density at radius 2 is 1.96 bits per heavy atom. The first kappa shape index (κ1) is 21.6. The summed E-state index contributed by atoms with van der Waals surface area (Å²) in [5, 5.41) is 2.77. The fraction of sp³-hybridized carbons (Fsp3) is 0.429. The number of rotatable bonds is 9. The lowest BCUT2D eigenvalue weighted by molar-refractivity contribution is -0.150. The van der Waals surface area contributed by atoms with E-state index < -0.39 is 18.7 Å². The monoisotopic (exact) mass is 393 g/mol. The molecular weight excluding hydrogens is 368 g/mol. The fourth-order valence-electron chi connectivity index (χ4n) is 2.81. The normalized spacial score (nSPS) is 15.2. The van der Waals surface area contributed by atoms with Crippen molar-refractivity contribution in [2.75, 3.05) is 6.54 Å². The van der Waals surface area contributed by atoms with Crippen LogP contribution in [0.1, 0.15) is 44.6 Å². The number of halogens is 2. The van der Waals surface area contributed by atoms with Gasteiger partial charge in [-0.05, 0) is 62.8 Å². The third-order valence-corrected chi connectivity index (χ3v) is 4.31. The van der Waals surface area contributed by atoms with Crippen LogP contribution in [0.2, 0.25) is 0 Å². The third kappa shape index (κ3) is 7.90. The molecule has 152 valence electrons. The SMILES string of the molecule is CC(OC(=O)C=Cc1ccc(OC(F)F)cc1)C(=O)NCCC1=CCCCC1. The third-order valence-electron chi connectivity index (χ3n) is 4.31. The highest BCUT2D eigenvalue weighted by molar-refractivity contribution is 5.90. The first-order chi connectivity index (χ1) is 13.4. The summed E-state index contributed by atoms with van der Waals surface area (Å²) in [5.41, 5.74) is 1.97. The molecule has 0 aromatic heterocycles. The molecule has 1 unspecified atom stereocenters. The molecule has 1 atom stereocenters. The summed E-state index contributed by atoms with van der Waals surface area (Å²) in [6.07, 6.45) is 9.40. The number of nitrogens with one attached hydrogen (secondary N) is 1. The smallest absolute Gasteiger partial charge is 0.387 e. The number of carbonyl (C=O) groups excluding carboxylic acids is 2. The van der Waals surface area contributed by atoms with E-state index in [0.717, 1.165) is 19.3 Å². The summed E-state index contributed by atoms with van der Waals surface area (Å²) < 4.78 is 33.5. The van der Waals surface area contributed by atoms with Crippen LogP contribution in [-0.2, 0) is 14.3 Å². The molecule has 1 aromatic rings. The van der Waals surface area contributed by atoms with Crippen molar-refractivity contribution in [3.05, 3.63) is 47.6 Å². The molecule has 28 heavy (non-hydrogen) atoms. The number of hydrogen-bond donors (Lipinski definition) is 1. The van der Waals surface area contributed by atoms with E-state index in [4.69, 9.17) is 4.74 Å². The van der Waals surface area contributed by atoms with Crippen LogP contribution in [0, 0.1) is 0 Å². The van der Waals surface area contributed by atoms with Crippen LogP contribution in [0.25, 0.3) is 6.08 Å². The predicted molar refractivity (Wildman–Crippen MR) is 102 cm³/mol. The zero-order chi connectivity index (χ0) is 20.4. The minimum absolute atomic E-state index is 0.0315. The van der Waals surface area contributed by atoms with Crippen molar-refractivity contribution in [2.45, 2.75) is 51.7 Å². The number of ether oxygens (including phenoxy) is 2. The molecular formula is C21H25F2NO4. The maximum Gasteiger partial charge on any atom is 0.387 e. The molecule has 5 nitrogen and oxygen atoms in total. The van der Waals surface area contributed by atoms with Crippen LogP contribution in [-0.4, -0.2) is 31.1 Å². The van der Waals surface area contributed by atoms with E-state index in [1.807, 2.05) is 0 Å². The van der Waals surface area contributed by atoms with E-state index in [0.29, 0.717) is 12.1 Å². The Balaban J connectivity index is 1.72. The minimum atomic E-state index is -2.89. The van der Waals surface area contributed by atoms with Crippen molar-refractivity contribution in [1.82, 2.24) is 5.32 Å². The molecule has 0 saturated heterocycles. The number of benzene rings is 1. The lowest BCUT2D eigenvalue weighted by atomic mass is 9.97. The maximum atomic E-state index is 12.1. The van der Waals surface area contributed by atoms with Crippen molar-refractivity contribution < 1.29 is 27.8 Å². The zero-order valence-corrected chi connectivity index (χ0v) is 15.8. The second-order valence-electron chi connectivity index (χ2n) is 6.51. The van der Waals surface area contributed by atoms with Gasteiger partial charge in [-0.15, -0.1) is 0 Å². The first-order valence-corrected chi connectivity index (χ1v) is 9.33. The second kappa shape index (κ2) is 11.2. The lowest BCUT2D eigenvalue weighted by Crippen LogP contribution is -2.36. The largest absolute Gasteiger partial charge is 0.449 e. The van der Waals surface area contributed by atoms with Crippen molar-refractivity contribution in [2.24, 2.45) is 0 Å². The topological polar surface area (TPSA) is 64.6 Å². The molecule has 0 heterocycles. The molecule has 1 aromatic carbocycles. The van der Waals surface area contributed by atoms with Gasteiger partial charge in [0.25, 0.3) is 5.91 Å². The molecule has 2 rings (SSSR count). The van der Waals surface area contributed by atoms with Gasteiger partial charge in [-0.1, -0.05) is 23.8 Å². The molecule has 1 N–H and O–H groups in total. The highest BCUT2D eigenvalue weighted by atomic mass is 19.3. The van der Waals surface area contributed by atoms with Crippen molar-refractivity contribution in [1.29, 1.82) is 0 Å². The Morgan fingerprint density at radius 3 is 2.61 bits per heavy atom. The lowest BCUT2D eigenvalue weighted by Gasteiger charge is -2.15. The molecule has 0 bridgehead atoms. The summed E-state index contributed by atoms with van der Waals surface area (Å²) in [6.45, 7) is -0.851. The van der Waals surface area contributed by atoms with Crippen LogP contribution >= 0.6 is 0 Å². The molecule has 1 amide bonds. The van der Waals surface area contributed by atoms with Gasteiger partial charge < -0.3 is 14.8 Å². The highest BCUT2D eigenvalue weighted by Crippen LogP contribution is 2.19. The fourth-order valence-corrected chi connectivity index (χ4v) is 2.81. The van der Waals surface area contributed by atoms with Crippen LogP contribution < -0.4 is 10.1 Å². The summed E-state index contributed by atoms with van der Waals surface area (Å²) in [6, 6.07) is 5.79. The Labute approximate surface area is 163 Å². The Morgan fingerprint density at radius 1 is 1.21 bits per heavy atom. The van der Waals surface area contributed by atoms with Gasteiger partial charge in [0, 0.05) is 12.6 Å². The van der Waals surface area contributed by atoms with E-state index in [9.17, 15) is 18.4 Å². The van der Waals surface area contributed by atoms with Crippen molar-refractivity contribution in [3.8, 4) is 5.75 Å². The molecule has 0 aliphatic heterocycles. The highest BCUT2D eigenvalue weighted by Gasteiger charge is 2.16. The second-order valence-corrected chi connectivity index (χ2v) is 6.51. The summed E-state index contributed by atoms with van der Waals surface area (Å²) in [4.78, 5) is 23.9. The van der Waals surface area contributed by atoms with E-state index in [-0.39, 0.29) is 11.7 Å². The maximum absolute atomic E-state index is 12.1. The van der Waals surface area contributed by atoms with Crippen LogP contribution in [0.4, 0.5) is 8.78 Å². The van der Waals surface area contributed by atoms with Gasteiger partial charge in [0.15, 0.2) is 6.10 Å². The molecule has 0 spiro atoms. The molecule has 0 radical (unpaired) electrons. The average Bonchev–Trinajstić information content (AvgIpc) is 2.67. The average molecular weight is 393 g/mol.